The van der Waals surface area contributed by atoms with Crippen LogP contribution in [0.2, 0.25) is 0 Å². The van der Waals surface area contributed by atoms with Crippen molar-refractivity contribution in [2.45, 2.75) is 23.8 Å². The predicted molar refractivity (Wildman–Crippen MR) is 108 cm³/mol. The zero-order valence-electron chi connectivity index (χ0n) is 14.8. The lowest BCUT2D eigenvalue weighted by molar-refractivity contribution is 0.123. The maximum atomic E-state index is 13.5. The number of hydrogen-bond acceptors (Lipinski definition) is 7. The van der Waals surface area contributed by atoms with Gasteiger partial charge in [-0.15, -0.1) is 10.2 Å². The van der Waals surface area contributed by atoms with E-state index in [4.69, 9.17) is 4.74 Å². The Kier molecular flexibility index (Phi) is 7.03. The van der Waals surface area contributed by atoms with Crippen molar-refractivity contribution in [1.29, 1.82) is 0 Å². The summed E-state index contributed by atoms with van der Waals surface area (Å²) in [5.74, 6) is 0.0797. The summed E-state index contributed by atoms with van der Waals surface area (Å²) in [5, 5.41) is 22.2. The topological polar surface area (TPSA) is 67.3 Å². The van der Waals surface area contributed by atoms with E-state index in [-0.39, 0.29) is 12.4 Å². The third kappa shape index (κ3) is 5.92. The highest BCUT2D eigenvalue weighted by molar-refractivity contribution is 8.01. The molecule has 0 spiro atoms. The summed E-state index contributed by atoms with van der Waals surface area (Å²) in [6.45, 7) is 2.13. The van der Waals surface area contributed by atoms with Crippen LogP contribution in [0, 0.1) is 5.82 Å². The highest BCUT2D eigenvalue weighted by Crippen LogP contribution is 2.28. The highest BCUT2D eigenvalue weighted by atomic mass is 32.2. The first-order valence-electron chi connectivity index (χ1n) is 8.51. The Morgan fingerprint density at radius 3 is 2.70 bits per heavy atom. The average Bonchev–Trinajstić information content (AvgIpc) is 3.13. The van der Waals surface area contributed by atoms with Gasteiger partial charge >= 0.3 is 0 Å². The van der Waals surface area contributed by atoms with Gasteiger partial charge in [-0.2, -0.15) is 0 Å². The molecule has 0 saturated heterocycles. The van der Waals surface area contributed by atoms with Crippen LogP contribution in [-0.2, 0) is 6.42 Å². The van der Waals surface area contributed by atoms with Gasteiger partial charge in [-0.05, 0) is 36.2 Å². The second-order valence-electron chi connectivity index (χ2n) is 5.75. The van der Waals surface area contributed by atoms with Gasteiger partial charge in [0, 0.05) is 11.4 Å². The number of rotatable bonds is 9. The molecule has 1 atom stereocenters. The maximum Gasteiger partial charge on any atom is 0.210 e. The fourth-order valence-electron chi connectivity index (χ4n) is 2.23. The second-order valence-corrected chi connectivity index (χ2v) is 8.00. The van der Waals surface area contributed by atoms with Crippen LogP contribution in [0.15, 0.2) is 52.9 Å². The largest absolute Gasteiger partial charge is 0.488 e. The molecule has 0 aliphatic heterocycles. The third-order valence-electron chi connectivity index (χ3n) is 3.69. The SMILES string of the molecule is CCc1ccc(Nc2nnc(SC[C@@H](O)COc3ccccc3F)s2)cc1. The van der Waals surface area contributed by atoms with Crippen LogP contribution in [0.5, 0.6) is 5.75 Å². The Labute approximate surface area is 165 Å². The first-order chi connectivity index (χ1) is 13.1. The Morgan fingerprint density at radius 1 is 1.19 bits per heavy atom. The number of benzene rings is 2. The molecule has 3 rings (SSSR count). The number of aliphatic hydroxyl groups excluding tert-OH is 1. The van der Waals surface area contributed by atoms with E-state index >= 15 is 0 Å². The molecule has 0 unspecified atom stereocenters. The minimum Gasteiger partial charge on any atom is -0.488 e. The first kappa shape index (κ1) is 19.6. The Bertz CT molecular complexity index is 858. The number of nitrogens with one attached hydrogen (secondary N) is 1. The molecule has 0 aliphatic rings. The van der Waals surface area contributed by atoms with E-state index in [9.17, 15) is 9.50 Å². The molecule has 0 aliphatic carbocycles. The van der Waals surface area contributed by atoms with Crippen LogP contribution in [0.1, 0.15) is 12.5 Å². The van der Waals surface area contributed by atoms with Crippen molar-refractivity contribution in [1.82, 2.24) is 10.2 Å². The predicted octanol–water partition coefficient (Wildman–Crippen LogP) is 4.52. The van der Waals surface area contributed by atoms with Gasteiger partial charge in [-0.3, -0.25) is 0 Å². The normalized spacial score (nSPS) is 12.0. The van der Waals surface area contributed by atoms with E-state index in [0.29, 0.717) is 10.9 Å². The van der Waals surface area contributed by atoms with Gasteiger partial charge in [0.2, 0.25) is 5.13 Å². The van der Waals surface area contributed by atoms with Crippen molar-refractivity contribution in [3.63, 3.8) is 0 Å². The minimum atomic E-state index is -0.739. The second kappa shape index (κ2) is 9.68. The molecule has 1 heterocycles. The fourth-order valence-corrected chi connectivity index (χ4v) is 3.93. The molecule has 1 aromatic heterocycles. The average molecular weight is 406 g/mol. The van der Waals surface area contributed by atoms with E-state index in [1.54, 1.807) is 12.1 Å². The van der Waals surface area contributed by atoms with Crippen LogP contribution in [-0.4, -0.2) is 33.8 Å². The standard InChI is InChI=1S/C19H20FN3O2S2/c1-2-13-7-9-14(10-8-13)21-18-22-23-19(27-18)26-12-15(24)11-25-17-6-4-3-5-16(17)20/h3-10,15,24H,2,11-12H2,1H3,(H,21,22)/t15-/m0/s1. The lowest BCUT2D eigenvalue weighted by Gasteiger charge is -2.11. The lowest BCUT2D eigenvalue weighted by atomic mass is 10.1. The molecule has 2 aromatic carbocycles. The van der Waals surface area contributed by atoms with Crippen LogP contribution in [0.25, 0.3) is 0 Å². The van der Waals surface area contributed by atoms with Crippen molar-refractivity contribution < 1.29 is 14.2 Å². The molecular formula is C19H20FN3O2S2. The van der Waals surface area contributed by atoms with Gasteiger partial charge < -0.3 is 15.2 Å². The molecule has 142 valence electrons. The van der Waals surface area contributed by atoms with E-state index in [0.717, 1.165) is 16.4 Å². The van der Waals surface area contributed by atoms with Gasteiger partial charge in [0.15, 0.2) is 15.9 Å². The number of anilines is 2. The number of aryl methyl sites for hydroxylation is 1. The molecule has 0 bridgehead atoms. The van der Waals surface area contributed by atoms with Gasteiger partial charge in [-0.1, -0.05) is 54.3 Å². The summed E-state index contributed by atoms with van der Waals surface area (Å²) in [4.78, 5) is 0. The number of hydrogen-bond donors (Lipinski definition) is 2. The zero-order chi connectivity index (χ0) is 19.1. The van der Waals surface area contributed by atoms with Crippen molar-refractivity contribution >= 4 is 33.9 Å². The number of aliphatic hydroxyl groups is 1. The zero-order valence-corrected chi connectivity index (χ0v) is 16.4. The van der Waals surface area contributed by atoms with Crippen LogP contribution < -0.4 is 10.1 Å². The minimum absolute atomic E-state index is 0.0155. The summed E-state index contributed by atoms with van der Waals surface area (Å²) in [7, 11) is 0. The van der Waals surface area contributed by atoms with Crippen LogP contribution in [0.4, 0.5) is 15.2 Å². The summed E-state index contributed by atoms with van der Waals surface area (Å²) in [6.07, 6.45) is 0.263. The van der Waals surface area contributed by atoms with Gasteiger partial charge in [0.05, 0.1) is 6.10 Å². The number of para-hydroxylation sites is 1. The lowest BCUT2D eigenvalue weighted by Crippen LogP contribution is -2.20. The molecule has 2 N–H and O–H groups in total. The third-order valence-corrected chi connectivity index (χ3v) is 5.80. The maximum absolute atomic E-state index is 13.5. The van der Waals surface area contributed by atoms with Crippen molar-refractivity contribution in [3.05, 3.63) is 59.9 Å². The highest BCUT2D eigenvalue weighted by Gasteiger charge is 2.11. The number of thioether (sulfide) groups is 1. The van der Waals surface area contributed by atoms with Gasteiger partial charge in [0.25, 0.3) is 0 Å². The van der Waals surface area contributed by atoms with Crippen LogP contribution in [0.3, 0.4) is 0 Å². The van der Waals surface area contributed by atoms with E-state index in [2.05, 4.69) is 34.6 Å². The molecule has 0 amide bonds. The van der Waals surface area contributed by atoms with Crippen LogP contribution >= 0.6 is 23.1 Å². The molecule has 3 aromatic rings. The van der Waals surface area contributed by atoms with Crippen molar-refractivity contribution in [2.24, 2.45) is 0 Å². The van der Waals surface area contributed by atoms with E-state index in [1.807, 2.05) is 12.1 Å². The first-order valence-corrected chi connectivity index (χ1v) is 10.3. The van der Waals surface area contributed by atoms with E-state index in [1.165, 1.54) is 40.8 Å². The summed E-state index contributed by atoms with van der Waals surface area (Å²) in [6, 6.07) is 14.3. The molecule has 5 nitrogen and oxygen atoms in total. The van der Waals surface area contributed by atoms with Crippen molar-refractivity contribution in [3.8, 4) is 5.75 Å². The fraction of sp³-hybridized carbons (Fsp3) is 0.263. The number of aromatic nitrogens is 2. The molecule has 0 fully saturated rings. The molecular weight excluding hydrogens is 385 g/mol. The Hall–Kier alpha value is -2.16. The van der Waals surface area contributed by atoms with Gasteiger partial charge in [-0.25, -0.2) is 4.39 Å². The smallest absolute Gasteiger partial charge is 0.210 e. The van der Waals surface area contributed by atoms with Gasteiger partial charge in [0.1, 0.15) is 6.61 Å². The van der Waals surface area contributed by atoms with E-state index < -0.39 is 11.9 Å². The van der Waals surface area contributed by atoms with Crippen molar-refractivity contribution in [2.75, 3.05) is 17.7 Å². The summed E-state index contributed by atoms with van der Waals surface area (Å²) in [5.41, 5.74) is 2.24. The number of halogens is 1. The molecule has 27 heavy (non-hydrogen) atoms. The molecule has 0 saturated carbocycles. The summed E-state index contributed by atoms with van der Waals surface area (Å²) >= 11 is 2.80. The quantitative estimate of drug-likeness (QED) is 0.511. The summed E-state index contributed by atoms with van der Waals surface area (Å²) < 4.78 is 19.5. The number of nitrogens with zero attached hydrogens (tertiary/aromatic N) is 2. The molecule has 0 radical (unpaired) electrons. The Balaban J connectivity index is 1.45. The monoisotopic (exact) mass is 405 g/mol. The number of ether oxygens (including phenoxy) is 1. The molecule has 8 heteroatoms. The Morgan fingerprint density at radius 2 is 1.96 bits per heavy atom.